The predicted octanol–water partition coefficient (Wildman–Crippen LogP) is 3.01. The molecule has 25 heavy (non-hydrogen) atoms. The summed E-state index contributed by atoms with van der Waals surface area (Å²) in [4.78, 5) is 6.69. The maximum Gasteiger partial charge on any atom is 0.193 e. The van der Waals surface area contributed by atoms with E-state index in [9.17, 15) is 0 Å². The number of nitrogens with zero attached hydrogens (tertiary/aromatic N) is 3. The Hall–Kier alpha value is -2.23. The van der Waals surface area contributed by atoms with Crippen LogP contribution in [0, 0.1) is 11.8 Å². The SMILES string of the molecule is CN=C(NCC1C2CCc3ccccc3C21)N(C)Cc1cccn1C. The first-order valence-corrected chi connectivity index (χ1v) is 9.29. The minimum atomic E-state index is 0.754. The van der Waals surface area contributed by atoms with Crippen LogP contribution < -0.4 is 5.32 Å². The molecule has 4 rings (SSSR count). The van der Waals surface area contributed by atoms with Crippen molar-refractivity contribution in [3.63, 3.8) is 0 Å². The average molecular weight is 336 g/mol. The normalized spacial score (nSPS) is 24.4. The molecule has 2 aliphatic carbocycles. The largest absolute Gasteiger partial charge is 0.356 e. The second kappa shape index (κ2) is 6.58. The Kier molecular flexibility index (Phi) is 4.28. The first-order valence-electron chi connectivity index (χ1n) is 9.29. The second-order valence-corrected chi connectivity index (χ2v) is 7.49. The maximum atomic E-state index is 4.48. The number of aryl methyl sites for hydroxylation is 2. The van der Waals surface area contributed by atoms with Crippen molar-refractivity contribution in [3.8, 4) is 0 Å². The summed E-state index contributed by atoms with van der Waals surface area (Å²) in [6.07, 6.45) is 4.67. The van der Waals surface area contributed by atoms with Crippen LogP contribution in [0.4, 0.5) is 0 Å². The highest BCUT2D eigenvalue weighted by Gasteiger charge is 2.52. The molecule has 1 aromatic carbocycles. The molecule has 0 saturated heterocycles. The number of rotatable bonds is 4. The van der Waals surface area contributed by atoms with E-state index in [0.717, 1.165) is 36.8 Å². The number of hydrogen-bond donors (Lipinski definition) is 1. The van der Waals surface area contributed by atoms with Gasteiger partial charge in [-0.1, -0.05) is 24.3 Å². The molecule has 2 aliphatic rings. The van der Waals surface area contributed by atoms with Crippen LogP contribution in [0.1, 0.15) is 29.2 Å². The van der Waals surface area contributed by atoms with Crippen molar-refractivity contribution in [1.29, 1.82) is 0 Å². The predicted molar refractivity (Wildman–Crippen MR) is 103 cm³/mol. The Bertz CT molecular complexity index is 776. The molecule has 1 fully saturated rings. The molecule has 132 valence electrons. The van der Waals surface area contributed by atoms with Gasteiger partial charge in [-0.05, 0) is 53.9 Å². The third-order valence-electron chi connectivity index (χ3n) is 6.01. The van der Waals surface area contributed by atoms with Crippen LogP contribution in [0.3, 0.4) is 0 Å². The zero-order valence-corrected chi connectivity index (χ0v) is 15.4. The van der Waals surface area contributed by atoms with Crippen LogP contribution in [0.2, 0.25) is 0 Å². The van der Waals surface area contributed by atoms with Gasteiger partial charge in [0.15, 0.2) is 5.96 Å². The first-order chi connectivity index (χ1) is 12.2. The van der Waals surface area contributed by atoms with Gasteiger partial charge in [-0.3, -0.25) is 4.99 Å². The van der Waals surface area contributed by atoms with E-state index in [1.165, 1.54) is 18.5 Å². The second-order valence-electron chi connectivity index (χ2n) is 7.49. The third kappa shape index (κ3) is 3.06. The van der Waals surface area contributed by atoms with Crippen LogP contribution in [0.25, 0.3) is 0 Å². The summed E-state index contributed by atoms with van der Waals surface area (Å²) in [5, 5.41) is 3.62. The highest BCUT2D eigenvalue weighted by Crippen LogP contribution is 2.59. The molecule has 3 unspecified atom stereocenters. The van der Waals surface area contributed by atoms with Crippen molar-refractivity contribution in [3.05, 3.63) is 59.4 Å². The quantitative estimate of drug-likeness (QED) is 0.688. The zero-order valence-electron chi connectivity index (χ0n) is 15.4. The summed E-state index contributed by atoms with van der Waals surface area (Å²) in [6.45, 7) is 1.89. The van der Waals surface area contributed by atoms with Crippen molar-refractivity contribution in [2.75, 3.05) is 20.6 Å². The van der Waals surface area contributed by atoms with E-state index in [-0.39, 0.29) is 0 Å². The van der Waals surface area contributed by atoms with Gasteiger partial charge in [0, 0.05) is 39.6 Å². The molecule has 4 heteroatoms. The summed E-state index contributed by atoms with van der Waals surface area (Å²) in [5.41, 5.74) is 4.45. The molecule has 4 nitrogen and oxygen atoms in total. The van der Waals surface area contributed by atoms with Gasteiger partial charge >= 0.3 is 0 Å². The summed E-state index contributed by atoms with van der Waals surface area (Å²) in [5.74, 6) is 3.36. The first kappa shape index (κ1) is 16.2. The van der Waals surface area contributed by atoms with Gasteiger partial charge in [0.2, 0.25) is 0 Å². The van der Waals surface area contributed by atoms with Crippen molar-refractivity contribution in [1.82, 2.24) is 14.8 Å². The Morgan fingerprint density at radius 2 is 2.12 bits per heavy atom. The highest BCUT2D eigenvalue weighted by molar-refractivity contribution is 5.79. The van der Waals surface area contributed by atoms with Crippen LogP contribution in [-0.2, 0) is 20.0 Å². The van der Waals surface area contributed by atoms with Gasteiger partial charge in [0.25, 0.3) is 0 Å². The topological polar surface area (TPSA) is 32.6 Å². The van der Waals surface area contributed by atoms with Crippen molar-refractivity contribution < 1.29 is 0 Å². The van der Waals surface area contributed by atoms with Gasteiger partial charge in [0.1, 0.15) is 0 Å². The van der Waals surface area contributed by atoms with Crippen molar-refractivity contribution in [2.45, 2.75) is 25.3 Å². The van der Waals surface area contributed by atoms with Crippen molar-refractivity contribution >= 4 is 5.96 Å². The molecule has 0 amide bonds. The Morgan fingerprint density at radius 3 is 2.88 bits per heavy atom. The molecule has 2 aromatic rings. The van der Waals surface area contributed by atoms with E-state index in [2.05, 4.69) is 76.5 Å². The van der Waals surface area contributed by atoms with Gasteiger partial charge in [-0.25, -0.2) is 0 Å². The zero-order chi connectivity index (χ0) is 17.4. The summed E-state index contributed by atoms with van der Waals surface area (Å²) < 4.78 is 2.16. The third-order valence-corrected chi connectivity index (χ3v) is 6.01. The maximum absolute atomic E-state index is 4.48. The van der Waals surface area contributed by atoms with Gasteiger partial charge in [-0.15, -0.1) is 0 Å². The summed E-state index contributed by atoms with van der Waals surface area (Å²) >= 11 is 0. The fraction of sp³-hybridized carbons (Fsp3) is 0.476. The summed E-state index contributed by atoms with van der Waals surface area (Å²) in [7, 11) is 6.07. The van der Waals surface area contributed by atoms with Crippen LogP contribution in [0.5, 0.6) is 0 Å². The van der Waals surface area contributed by atoms with Gasteiger partial charge < -0.3 is 14.8 Å². The number of nitrogens with one attached hydrogen (secondary N) is 1. The van der Waals surface area contributed by atoms with E-state index < -0.39 is 0 Å². The lowest BCUT2D eigenvalue weighted by Crippen LogP contribution is -2.39. The molecule has 1 saturated carbocycles. The van der Waals surface area contributed by atoms with Crippen LogP contribution in [-0.4, -0.2) is 36.1 Å². The molecule has 3 atom stereocenters. The minimum absolute atomic E-state index is 0.754. The van der Waals surface area contributed by atoms with E-state index in [4.69, 9.17) is 0 Å². The lowest BCUT2D eigenvalue weighted by molar-refractivity contribution is 0.458. The number of guanidine groups is 1. The van der Waals surface area contributed by atoms with E-state index in [1.54, 1.807) is 11.1 Å². The fourth-order valence-corrected chi connectivity index (χ4v) is 4.56. The fourth-order valence-electron chi connectivity index (χ4n) is 4.56. The molecule has 0 spiro atoms. The minimum Gasteiger partial charge on any atom is -0.356 e. The molecule has 1 aromatic heterocycles. The average Bonchev–Trinajstić information content (AvgIpc) is 3.21. The lowest BCUT2D eigenvalue weighted by Gasteiger charge is -2.22. The van der Waals surface area contributed by atoms with Gasteiger partial charge in [-0.2, -0.15) is 0 Å². The number of hydrogen-bond acceptors (Lipinski definition) is 1. The number of aliphatic imine (C=N–C) groups is 1. The lowest BCUT2D eigenvalue weighted by atomic mass is 9.92. The highest BCUT2D eigenvalue weighted by atomic mass is 15.3. The molecule has 1 N–H and O–H groups in total. The monoisotopic (exact) mass is 336 g/mol. The van der Waals surface area contributed by atoms with E-state index >= 15 is 0 Å². The number of aromatic nitrogens is 1. The molecule has 0 radical (unpaired) electrons. The van der Waals surface area contributed by atoms with Crippen molar-refractivity contribution in [2.24, 2.45) is 23.9 Å². The van der Waals surface area contributed by atoms with E-state index in [0.29, 0.717) is 0 Å². The molecule has 0 aliphatic heterocycles. The summed E-state index contributed by atoms with van der Waals surface area (Å²) in [6, 6.07) is 13.3. The van der Waals surface area contributed by atoms with Crippen LogP contribution >= 0.6 is 0 Å². The molecular weight excluding hydrogens is 308 g/mol. The number of benzene rings is 1. The standard InChI is InChI=1S/C21H28N4/c1-22-21(25(3)14-16-8-6-12-24(16)2)23-13-19-18-11-10-15-7-4-5-9-17(15)20(18)19/h4-9,12,18-20H,10-11,13-14H2,1-3H3,(H,22,23). The van der Waals surface area contributed by atoms with Crippen LogP contribution in [0.15, 0.2) is 47.6 Å². The molecule has 1 heterocycles. The molecule has 0 bridgehead atoms. The van der Waals surface area contributed by atoms with Gasteiger partial charge in [0.05, 0.1) is 6.54 Å². The smallest absolute Gasteiger partial charge is 0.193 e. The molecular formula is C21H28N4. The Balaban J connectivity index is 1.36. The Morgan fingerprint density at radius 1 is 1.28 bits per heavy atom. The Labute approximate surface area is 150 Å². The number of fused-ring (bicyclic) bond motifs is 3. The van der Waals surface area contributed by atoms with E-state index in [1.807, 2.05) is 7.05 Å².